The lowest BCUT2D eigenvalue weighted by atomic mass is 9.96. The molecule has 1 unspecified atom stereocenters. The standard InChI is InChI=1S/C29H26N2O6/c1-17(2)37-29(35)20-7-5-9-21(16-20)31-25(22-10-3-4-13-30-22)24(27(33)28(31)34)26(32)19-11-12-23-18(15-19)8-6-14-36-23/h3-5,7,9-13,15-17,25,32H,6,8,14H2,1-2H3/b26-24-. The van der Waals surface area contributed by atoms with Crippen LogP contribution in [0.3, 0.4) is 0 Å². The van der Waals surface area contributed by atoms with E-state index in [9.17, 15) is 19.5 Å². The summed E-state index contributed by atoms with van der Waals surface area (Å²) in [6.07, 6.45) is 2.88. The smallest absolute Gasteiger partial charge is 0.338 e. The predicted octanol–water partition coefficient (Wildman–Crippen LogP) is 4.60. The van der Waals surface area contributed by atoms with Gasteiger partial charge in [-0.1, -0.05) is 12.1 Å². The van der Waals surface area contributed by atoms with E-state index in [1.165, 1.54) is 11.0 Å². The third-order valence-electron chi connectivity index (χ3n) is 6.30. The number of nitrogens with zero attached hydrogens (tertiary/aromatic N) is 2. The summed E-state index contributed by atoms with van der Waals surface area (Å²) in [6, 6.07) is 15.7. The zero-order chi connectivity index (χ0) is 26.1. The molecule has 1 fully saturated rings. The van der Waals surface area contributed by atoms with E-state index in [0.29, 0.717) is 23.6 Å². The lowest BCUT2D eigenvalue weighted by Crippen LogP contribution is -2.30. The molecule has 5 rings (SSSR count). The molecule has 2 aliphatic rings. The van der Waals surface area contributed by atoms with Crippen LogP contribution in [0.15, 0.2) is 72.4 Å². The summed E-state index contributed by atoms with van der Waals surface area (Å²) >= 11 is 0. The van der Waals surface area contributed by atoms with Gasteiger partial charge in [0.05, 0.1) is 29.5 Å². The molecule has 1 atom stereocenters. The van der Waals surface area contributed by atoms with Crippen LogP contribution in [-0.2, 0) is 20.7 Å². The Morgan fingerprint density at radius 1 is 1.08 bits per heavy atom. The molecule has 0 bridgehead atoms. The number of Topliss-reactive ketones (excluding diaryl/α,β-unsaturated/α-hetero) is 1. The minimum absolute atomic E-state index is 0.0736. The number of aromatic nitrogens is 1. The fourth-order valence-corrected chi connectivity index (χ4v) is 4.64. The molecule has 8 heteroatoms. The van der Waals surface area contributed by atoms with Gasteiger partial charge < -0.3 is 14.6 Å². The topological polar surface area (TPSA) is 106 Å². The first-order valence-electron chi connectivity index (χ1n) is 12.1. The molecule has 37 heavy (non-hydrogen) atoms. The molecule has 1 amide bonds. The molecule has 0 spiro atoms. The van der Waals surface area contributed by atoms with E-state index in [1.807, 2.05) is 0 Å². The number of pyridine rings is 1. The van der Waals surface area contributed by atoms with Gasteiger partial charge in [-0.15, -0.1) is 0 Å². The van der Waals surface area contributed by atoms with Crippen molar-refractivity contribution in [2.24, 2.45) is 0 Å². The average molecular weight is 499 g/mol. The van der Waals surface area contributed by atoms with E-state index in [4.69, 9.17) is 9.47 Å². The third kappa shape index (κ3) is 4.58. The number of rotatable bonds is 5. The average Bonchev–Trinajstić information content (AvgIpc) is 3.18. The summed E-state index contributed by atoms with van der Waals surface area (Å²) < 4.78 is 11.0. The predicted molar refractivity (Wildman–Crippen MR) is 136 cm³/mol. The highest BCUT2D eigenvalue weighted by atomic mass is 16.5. The van der Waals surface area contributed by atoms with Crippen LogP contribution in [0.5, 0.6) is 5.75 Å². The Bertz CT molecular complexity index is 1410. The Hall–Kier alpha value is -4.46. The number of hydrogen-bond acceptors (Lipinski definition) is 7. The van der Waals surface area contributed by atoms with Crippen LogP contribution in [0.2, 0.25) is 0 Å². The number of aliphatic hydroxyl groups is 1. The van der Waals surface area contributed by atoms with Gasteiger partial charge >= 0.3 is 5.97 Å². The summed E-state index contributed by atoms with van der Waals surface area (Å²) in [6.45, 7) is 4.12. The Balaban J connectivity index is 1.64. The Labute approximate surface area is 214 Å². The Kier molecular flexibility index (Phi) is 6.48. The summed E-state index contributed by atoms with van der Waals surface area (Å²) in [5.41, 5.74) is 2.22. The molecule has 3 aromatic rings. The maximum atomic E-state index is 13.4. The van der Waals surface area contributed by atoms with Crippen molar-refractivity contribution in [3.63, 3.8) is 0 Å². The number of carbonyl (C=O) groups excluding carboxylic acids is 3. The normalized spacial score (nSPS) is 18.5. The van der Waals surface area contributed by atoms with Crippen LogP contribution in [0.25, 0.3) is 5.76 Å². The van der Waals surface area contributed by atoms with Gasteiger partial charge in [0.25, 0.3) is 11.7 Å². The van der Waals surface area contributed by atoms with Crippen molar-refractivity contribution in [3.05, 3.63) is 94.8 Å². The second-order valence-electron chi connectivity index (χ2n) is 9.20. The third-order valence-corrected chi connectivity index (χ3v) is 6.30. The summed E-state index contributed by atoms with van der Waals surface area (Å²) in [7, 11) is 0. The van der Waals surface area contributed by atoms with Crippen molar-refractivity contribution in [1.29, 1.82) is 0 Å². The maximum Gasteiger partial charge on any atom is 0.338 e. The SMILES string of the molecule is CC(C)OC(=O)c1cccc(N2C(=O)C(=O)/C(=C(\O)c3ccc4c(c3)CCCO4)C2c2ccccn2)c1. The van der Waals surface area contributed by atoms with E-state index in [-0.39, 0.29) is 23.0 Å². The second kappa shape index (κ2) is 9.89. The number of anilines is 1. The zero-order valence-electron chi connectivity index (χ0n) is 20.5. The molecular formula is C29H26N2O6. The van der Waals surface area contributed by atoms with Crippen LogP contribution in [-0.4, -0.2) is 40.5 Å². The minimum Gasteiger partial charge on any atom is -0.507 e. The van der Waals surface area contributed by atoms with E-state index >= 15 is 0 Å². The fraction of sp³-hybridized carbons (Fsp3) is 0.241. The molecule has 1 saturated heterocycles. The number of esters is 1. The van der Waals surface area contributed by atoms with Crippen molar-refractivity contribution >= 4 is 29.1 Å². The van der Waals surface area contributed by atoms with Gasteiger partial charge in [0.1, 0.15) is 17.6 Å². The number of ketones is 1. The first-order valence-corrected chi connectivity index (χ1v) is 12.1. The van der Waals surface area contributed by atoms with Gasteiger partial charge in [0, 0.05) is 17.4 Å². The van der Waals surface area contributed by atoms with Gasteiger partial charge in [0.2, 0.25) is 0 Å². The molecule has 0 radical (unpaired) electrons. The Morgan fingerprint density at radius 3 is 2.68 bits per heavy atom. The van der Waals surface area contributed by atoms with Crippen LogP contribution in [0.4, 0.5) is 5.69 Å². The van der Waals surface area contributed by atoms with Crippen LogP contribution < -0.4 is 9.64 Å². The van der Waals surface area contributed by atoms with E-state index < -0.39 is 23.7 Å². The molecular weight excluding hydrogens is 472 g/mol. The van der Waals surface area contributed by atoms with Crippen molar-refractivity contribution in [1.82, 2.24) is 4.98 Å². The van der Waals surface area contributed by atoms with E-state index in [2.05, 4.69) is 4.98 Å². The molecule has 1 N–H and O–H groups in total. The highest BCUT2D eigenvalue weighted by molar-refractivity contribution is 6.51. The minimum atomic E-state index is -0.996. The molecule has 2 aliphatic heterocycles. The summed E-state index contributed by atoms with van der Waals surface area (Å²) in [5.74, 6) is -1.75. The van der Waals surface area contributed by atoms with Gasteiger partial charge in [-0.3, -0.25) is 19.5 Å². The van der Waals surface area contributed by atoms with Crippen LogP contribution in [0, 0.1) is 0 Å². The Morgan fingerprint density at radius 2 is 1.92 bits per heavy atom. The van der Waals surface area contributed by atoms with Crippen molar-refractivity contribution in [2.75, 3.05) is 11.5 Å². The largest absolute Gasteiger partial charge is 0.507 e. The number of benzene rings is 2. The molecule has 3 heterocycles. The highest BCUT2D eigenvalue weighted by Gasteiger charge is 2.47. The molecule has 188 valence electrons. The van der Waals surface area contributed by atoms with E-state index in [0.717, 1.165) is 24.2 Å². The number of ether oxygens (including phenoxy) is 2. The van der Waals surface area contributed by atoms with Crippen molar-refractivity contribution in [3.8, 4) is 5.75 Å². The van der Waals surface area contributed by atoms with Gasteiger partial charge in [0.15, 0.2) is 0 Å². The number of fused-ring (bicyclic) bond motifs is 1. The van der Waals surface area contributed by atoms with Crippen LogP contribution >= 0.6 is 0 Å². The lowest BCUT2D eigenvalue weighted by Gasteiger charge is -2.25. The summed E-state index contributed by atoms with van der Waals surface area (Å²) in [5, 5.41) is 11.4. The van der Waals surface area contributed by atoms with Crippen molar-refractivity contribution < 1.29 is 29.0 Å². The van der Waals surface area contributed by atoms with E-state index in [1.54, 1.807) is 74.6 Å². The number of amides is 1. The molecule has 0 aliphatic carbocycles. The highest BCUT2D eigenvalue weighted by Crippen LogP contribution is 2.42. The number of hydrogen-bond donors (Lipinski definition) is 1. The second-order valence-corrected chi connectivity index (χ2v) is 9.20. The van der Waals surface area contributed by atoms with Gasteiger partial charge in [-0.05, 0) is 80.8 Å². The molecule has 0 saturated carbocycles. The quantitative estimate of drug-likeness (QED) is 0.237. The maximum absolute atomic E-state index is 13.4. The lowest BCUT2D eigenvalue weighted by molar-refractivity contribution is -0.132. The number of aliphatic hydroxyl groups excluding tert-OH is 1. The fourth-order valence-electron chi connectivity index (χ4n) is 4.64. The van der Waals surface area contributed by atoms with Gasteiger partial charge in [-0.2, -0.15) is 0 Å². The molecule has 8 nitrogen and oxygen atoms in total. The molecule has 1 aromatic heterocycles. The first kappa shape index (κ1) is 24.2. The number of carbonyl (C=O) groups is 3. The zero-order valence-corrected chi connectivity index (χ0v) is 20.5. The van der Waals surface area contributed by atoms with Crippen molar-refractivity contribution in [2.45, 2.75) is 38.8 Å². The number of aryl methyl sites for hydroxylation is 1. The monoisotopic (exact) mass is 498 g/mol. The van der Waals surface area contributed by atoms with Crippen LogP contribution in [0.1, 0.15) is 53.5 Å². The van der Waals surface area contributed by atoms with Gasteiger partial charge in [-0.25, -0.2) is 4.79 Å². The first-order chi connectivity index (χ1) is 17.8. The molecule has 2 aromatic carbocycles. The summed E-state index contributed by atoms with van der Waals surface area (Å²) in [4.78, 5) is 45.0.